The summed E-state index contributed by atoms with van der Waals surface area (Å²) in [7, 11) is 1.32. The van der Waals surface area contributed by atoms with Crippen LogP contribution in [0.25, 0.3) is 10.9 Å². The lowest BCUT2D eigenvalue weighted by Crippen LogP contribution is -2.55. The molecule has 8 nitrogen and oxygen atoms in total. The Kier molecular flexibility index (Phi) is 6.53. The van der Waals surface area contributed by atoms with Gasteiger partial charge in [0, 0.05) is 42.8 Å². The summed E-state index contributed by atoms with van der Waals surface area (Å²) in [5.41, 5.74) is 1.98. The third kappa shape index (κ3) is 4.95. The summed E-state index contributed by atoms with van der Waals surface area (Å²) in [6.45, 7) is 5.77. The number of nitrogens with zero attached hydrogens (tertiary/aromatic N) is 2. The minimum Gasteiger partial charge on any atom is -0.469 e. The number of esters is 1. The van der Waals surface area contributed by atoms with Gasteiger partial charge < -0.3 is 19.9 Å². The predicted molar refractivity (Wildman–Crippen MR) is 109 cm³/mol. The minimum atomic E-state index is -0.567. The maximum atomic E-state index is 12.3. The lowest BCUT2D eigenvalue weighted by molar-refractivity contribution is -0.146. The summed E-state index contributed by atoms with van der Waals surface area (Å²) in [6, 6.07) is 7.41. The molecule has 2 amide bonds. The second-order valence-corrected chi connectivity index (χ2v) is 7.58. The molecule has 1 aliphatic rings. The molecule has 1 fully saturated rings. The monoisotopic (exact) mass is 400 g/mol. The number of ether oxygens (including phenoxy) is 1. The molecule has 2 heterocycles. The van der Waals surface area contributed by atoms with E-state index >= 15 is 0 Å². The average Bonchev–Trinajstić information content (AvgIpc) is 3.01. The molecule has 1 saturated heterocycles. The smallest absolute Gasteiger partial charge is 0.307 e. The van der Waals surface area contributed by atoms with Crippen LogP contribution in [0.4, 0.5) is 0 Å². The van der Waals surface area contributed by atoms with Crippen molar-refractivity contribution >= 4 is 28.7 Å². The molecule has 29 heavy (non-hydrogen) atoms. The number of carbonyl (C=O) groups is 3. The van der Waals surface area contributed by atoms with Gasteiger partial charge in [0.2, 0.25) is 11.8 Å². The van der Waals surface area contributed by atoms with Gasteiger partial charge in [-0.15, -0.1) is 0 Å². The lowest BCUT2D eigenvalue weighted by atomic mass is 10.1. The molecule has 2 N–H and O–H groups in total. The van der Waals surface area contributed by atoms with E-state index in [0.717, 1.165) is 16.5 Å². The van der Waals surface area contributed by atoms with Crippen LogP contribution < -0.4 is 10.6 Å². The van der Waals surface area contributed by atoms with E-state index < -0.39 is 12.0 Å². The number of aromatic nitrogens is 1. The zero-order valence-corrected chi connectivity index (χ0v) is 17.1. The van der Waals surface area contributed by atoms with Crippen molar-refractivity contribution in [1.29, 1.82) is 0 Å². The first-order valence-electron chi connectivity index (χ1n) is 9.83. The van der Waals surface area contributed by atoms with E-state index in [4.69, 9.17) is 4.74 Å². The minimum absolute atomic E-state index is 0.0117. The van der Waals surface area contributed by atoms with Crippen LogP contribution in [0.2, 0.25) is 0 Å². The maximum Gasteiger partial charge on any atom is 0.307 e. The van der Waals surface area contributed by atoms with Gasteiger partial charge in [0.1, 0.15) is 12.6 Å². The van der Waals surface area contributed by atoms with Crippen LogP contribution in [0.1, 0.15) is 25.8 Å². The SMILES string of the molecule is COC(=O)CC1C(=O)NCCN1Cc1cn(CC(=O)NC(C)C)c2ccccc12. The van der Waals surface area contributed by atoms with Crippen LogP contribution in [0, 0.1) is 0 Å². The van der Waals surface area contributed by atoms with Gasteiger partial charge in [0.05, 0.1) is 13.5 Å². The summed E-state index contributed by atoms with van der Waals surface area (Å²) < 4.78 is 6.69. The summed E-state index contributed by atoms with van der Waals surface area (Å²) in [4.78, 5) is 38.4. The first-order valence-corrected chi connectivity index (χ1v) is 9.83. The number of hydrogen-bond acceptors (Lipinski definition) is 5. The number of rotatable bonds is 7. The average molecular weight is 400 g/mol. The van der Waals surface area contributed by atoms with Crippen LogP contribution in [0.15, 0.2) is 30.5 Å². The molecule has 0 bridgehead atoms. The molecule has 156 valence electrons. The Morgan fingerprint density at radius 2 is 2.07 bits per heavy atom. The Morgan fingerprint density at radius 3 is 2.79 bits per heavy atom. The molecule has 0 saturated carbocycles. The van der Waals surface area contributed by atoms with Gasteiger partial charge in [-0.05, 0) is 25.5 Å². The number of para-hydroxylation sites is 1. The van der Waals surface area contributed by atoms with Crippen molar-refractivity contribution < 1.29 is 19.1 Å². The zero-order valence-electron chi connectivity index (χ0n) is 17.1. The van der Waals surface area contributed by atoms with Crippen molar-refractivity contribution in [1.82, 2.24) is 20.1 Å². The fraction of sp³-hybridized carbons (Fsp3) is 0.476. The van der Waals surface area contributed by atoms with E-state index in [1.165, 1.54) is 7.11 Å². The van der Waals surface area contributed by atoms with Crippen LogP contribution in [-0.4, -0.2) is 59.5 Å². The van der Waals surface area contributed by atoms with Crippen molar-refractivity contribution in [2.75, 3.05) is 20.2 Å². The standard InChI is InChI=1S/C21H28N4O4/c1-14(2)23-19(26)13-25-12-15(16-6-4-5-7-17(16)25)11-24-9-8-22-21(28)18(24)10-20(27)29-3/h4-7,12,14,18H,8-11,13H2,1-3H3,(H,22,28)(H,23,26). The van der Waals surface area contributed by atoms with Gasteiger partial charge in [-0.2, -0.15) is 0 Å². The van der Waals surface area contributed by atoms with E-state index in [1.54, 1.807) is 0 Å². The van der Waals surface area contributed by atoms with Crippen LogP contribution in [0.3, 0.4) is 0 Å². The number of carbonyl (C=O) groups excluding carboxylic acids is 3. The third-order valence-corrected chi connectivity index (χ3v) is 5.04. The molecular weight excluding hydrogens is 372 g/mol. The molecule has 3 rings (SSSR count). The number of fused-ring (bicyclic) bond motifs is 1. The Bertz CT molecular complexity index is 905. The van der Waals surface area contributed by atoms with Gasteiger partial charge in [0.25, 0.3) is 0 Å². The molecule has 8 heteroatoms. The van der Waals surface area contributed by atoms with Crippen molar-refractivity contribution in [3.63, 3.8) is 0 Å². The van der Waals surface area contributed by atoms with Gasteiger partial charge in [-0.1, -0.05) is 18.2 Å². The highest BCUT2D eigenvalue weighted by Gasteiger charge is 2.32. The largest absolute Gasteiger partial charge is 0.469 e. The topological polar surface area (TPSA) is 92.7 Å². The molecule has 0 radical (unpaired) electrons. The fourth-order valence-corrected chi connectivity index (χ4v) is 3.74. The molecule has 1 unspecified atom stereocenters. The van der Waals surface area contributed by atoms with Crippen molar-refractivity contribution in [2.45, 2.75) is 45.4 Å². The Labute approximate surface area is 170 Å². The van der Waals surface area contributed by atoms with Crippen molar-refractivity contribution in [3.05, 3.63) is 36.0 Å². The molecule has 1 atom stereocenters. The number of hydrogen-bond donors (Lipinski definition) is 2. The molecule has 1 aromatic carbocycles. The number of methoxy groups -OCH3 is 1. The van der Waals surface area contributed by atoms with Gasteiger partial charge in [0.15, 0.2) is 0 Å². The van der Waals surface area contributed by atoms with Crippen LogP contribution in [0.5, 0.6) is 0 Å². The zero-order chi connectivity index (χ0) is 21.0. The summed E-state index contributed by atoms with van der Waals surface area (Å²) in [6.07, 6.45) is 1.98. The van der Waals surface area contributed by atoms with Gasteiger partial charge in [-0.3, -0.25) is 19.3 Å². The molecule has 1 aliphatic heterocycles. The molecule has 0 spiro atoms. The summed E-state index contributed by atoms with van der Waals surface area (Å²) in [5.74, 6) is -0.625. The third-order valence-electron chi connectivity index (χ3n) is 5.04. The highest BCUT2D eigenvalue weighted by molar-refractivity contribution is 5.88. The predicted octanol–water partition coefficient (Wildman–Crippen LogP) is 1.03. The summed E-state index contributed by atoms with van der Waals surface area (Å²) in [5, 5.41) is 6.77. The Hall–Kier alpha value is -2.87. The summed E-state index contributed by atoms with van der Waals surface area (Å²) >= 11 is 0. The number of nitrogens with one attached hydrogen (secondary N) is 2. The van der Waals surface area contributed by atoms with Crippen LogP contribution in [-0.2, 0) is 32.2 Å². The van der Waals surface area contributed by atoms with Crippen molar-refractivity contribution in [3.8, 4) is 0 Å². The molecule has 0 aliphatic carbocycles. The van der Waals surface area contributed by atoms with E-state index in [1.807, 2.05) is 53.8 Å². The first-order chi connectivity index (χ1) is 13.9. The quantitative estimate of drug-likeness (QED) is 0.678. The van der Waals surface area contributed by atoms with Crippen molar-refractivity contribution in [2.24, 2.45) is 0 Å². The van der Waals surface area contributed by atoms with E-state index in [2.05, 4.69) is 10.6 Å². The number of benzene rings is 1. The van der Waals surface area contributed by atoms with E-state index in [0.29, 0.717) is 19.6 Å². The maximum absolute atomic E-state index is 12.3. The second-order valence-electron chi connectivity index (χ2n) is 7.58. The number of piperazine rings is 1. The van der Waals surface area contributed by atoms with E-state index in [9.17, 15) is 14.4 Å². The van der Waals surface area contributed by atoms with E-state index in [-0.39, 0.29) is 30.8 Å². The second kappa shape index (κ2) is 9.09. The lowest BCUT2D eigenvalue weighted by Gasteiger charge is -2.34. The molecular formula is C21H28N4O4. The first kappa shape index (κ1) is 20.9. The highest BCUT2D eigenvalue weighted by atomic mass is 16.5. The van der Waals surface area contributed by atoms with Gasteiger partial charge >= 0.3 is 5.97 Å². The van der Waals surface area contributed by atoms with Gasteiger partial charge in [-0.25, -0.2) is 0 Å². The van der Waals surface area contributed by atoms with Crippen LogP contribution >= 0.6 is 0 Å². The Morgan fingerprint density at radius 1 is 1.31 bits per heavy atom. The molecule has 2 aromatic rings. The fourth-order valence-electron chi connectivity index (χ4n) is 3.74. The Balaban J connectivity index is 1.86. The normalized spacial score (nSPS) is 17.4. The molecule has 1 aromatic heterocycles. The highest BCUT2D eigenvalue weighted by Crippen LogP contribution is 2.24. The number of amides is 2.